The maximum atomic E-state index is 11.6. The van der Waals surface area contributed by atoms with Crippen molar-refractivity contribution in [2.75, 3.05) is 20.2 Å². The molecule has 7 heteroatoms. The molecule has 90 valence electrons. The smallest absolute Gasteiger partial charge is 0.393 e. The summed E-state index contributed by atoms with van der Waals surface area (Å²) in [4.78, 5) is 2.07. The Morgan fingerprint density at radius 1 is 1.53 bits per heavy atom. The summed E-state index contributed by atoms with van der Waals surface area (Å²) in [6.07, 6.45) is -4.08. The van der Waals surface area contributed by atoms with Gasteiger partial charge in [0, 0.05) is 19.0 Å². The lowest BCUT2D eigenvalue weighted by atomic mass is 10.2. The van der Waals surface area contributed by atoms with E-state index in [1.165, 1.54) is 0 Å². The summed E-state index contributed by atoms with van der Waals surface area (Å²) in [5, 5.41) is 0. The highest BCUT2D eigenvalue weighted by atomic mass is 32.1. The van der Waals surface area contributed by atoms with E-state index in [0.717, 1.165) is 0 Å². The molecule has 0 saturated heterocycles. The van der Waals surface area contributed by atoms with Gasteiger partial charge in [-0.2, -0.15) is 0 Å². The standard InChI is InChI=1S/C8H15F3N2OS/c1-6(5-7(12)15)13(2)3-4-14-8(9,10)11/h6H,3-5H2,1-2H3,(H2,12,15). The average molecular weight is 244 g/mol. The van der Waals surface area contributed by atoms with Crippen molar-refractivity contribution in [1.29, 1.82) is 0 Å². The van der Waals surface area contributed by atoms with Crippen LogP contribution in [0.4, 0.5) is 13.2 Å². The van der Waals surface area contributed by atoms with Gasteiger partial charge < -0.3 is 10.6 Å². The van der Waals surface area contributed by atoms with Crippen molar-refractivity contribution in [3.63, 3.8) is 0 Å². The quantitative estimate of drug-likeness (QED) is 0.719. The maximum Gasteiger partial charge on any atom is 0.522 e. The first-order valence-corrected chi connectivity index (χ1v) is 4.82. The second kappa shape index (κ2) is 6.24. The number of likely N-dealkylation sites (N-methyl/N-ethyl adjacent to an activating group) is 1. The fourth-order valence-electron chi connectivity index (χ4n) is 0.973. The van der Waals surface area contributed by atoms with Gasteiger partial charge in [0.05, 0.1) is 11.6 Å². The summed E-state index contributed by atoms with van der Waals surface area (Å²) in [5.41, 5.74) is 5.32. The van der Waals surface area contributed by atoms with Gasteiger partial charge in [0.15, 0.2) is 0 Å². The van der Waals surface area contributed by atoms with Gasteiger partial charge in [-0.3, -0.25) is 4.74 Å². The molecule has 1 atom stereocenters. The first kappa shape index (κ1) is 14.6. The zero-order chi connectivity index (χ0) is 12.1. The van der Waals surface area contributed by atoms with Gasteiger partial charge >= 0.3 is 6.36 Å². The zero-order valence-electron chi connectivity index (χ0n) is 8.67. The van der Waals surface area contributed by atoms with Gasteiger partial charge in [-0.15, -0.1) is 13.2 Å². The molecule has 0 rings (SSSR count). The molecule has 0 aliphatic carbocycles. The van der Waals surface area contributed by atoms with Crippen molar-refractivity contribution in [3.8, 4) is 0 Å². The molecule has 0 radical (unpaired) electrons. The van der Waals surface area contributed by atoms with Crippen LogP contribution in [-0.2, 0) is 4.74 Å². The third-order valence-corrected chi connectivity index (χ3v) is 2.13. The highest BCUT2D eigenvalue weighted by Crippen LogP contribution is 2.15. The van der Waals surface area contributed by atoms with Crippen LogP contribution in [0.5, 0.6) is 0 Å². The van der Waals surface area contributed by atoms with E-state index in [9.17, 15) is 13.2 Å². The van der Waals surface area contributed by atoms with Gasteiger partial charge in [-0.25, -0.2) is 0 Å². The Labute approximate surface area is 92.4 Å². The van der Waals surface area contributed by atoms with Crippen LogP contribution in [-0.4, -0.2) is 42.5 Å². The fraction of sp³-hybridized carbons (Fsp3) is 0.875. The van der Waals surface area contributed by atoms with Crippen LogP contribution in [0.25, 0.3) is 0 Å². The Hall–Kier alpha value is -0.400. The molecule has 1 unspecified atom stereocenters. The van der Waals surface area contributed by atoms with Crippen LogP contribution in [0.3, 0.4) is 0 Å². The van der Waals surface area contributed by atoms with E-state index in [0.29, 0.717) is 11.4 Å². The summed E-state index contributed by atoms with van der Waals surface area (Å²) < 4.78 is 38.6. The van der Waals surface area contributed by atoms with E-state index in [4.69, 9.17) is 18.0 Å². The number of ether oxygens (including phenoxy) is 1. The van der Waals surface area contributed by atoms with Gasteiger partial charge in [-0.1, -0.05) is 12.2 Å². The predicted octanol–water partition coefficient (Wildman–Crippen LogP) is 1.52. The molecule has 2 N–H and O–H groups in total. The van der Waals surface area contributed by atoms with Crippen molar-refractivity contribution in [1.82, 2.24) is 4.90 Å². The molecule has 0 aromatic heterocycles. The molecular weight excluding hydrogens is 229 g/mol. The number of halogens is 3. The lowest BCUT2D eigenvalue weighted by molar-refractivity contribution is -0.325. The number of hydrogen-bond acceptors (Lipinski definition) is 3. The minimum atomic E-state index is -4.56. The number of alkyl halides is 3. The monoisotopic (exact) mass is 244 g/mol. The third kappa shape index (κ3) is 8.59. The lowest BCUT2D eigenvalue weighted by Crippen LogP contribution is -2.35. The van der Waals surface area contributed by atoms with Crippen molar-refractivity contribution < 1.29 is 17.9 Å². The van der Waals surface area contributed by atoms with Crippen LogP contribution in [0, 0.1) is 0 Å². The van der Waals surface area contributed by atoms with Gasteiger partial charge in [0.1, 0.15) is 0 Å². The third-order valence-electron chi connectivity index (χ3n) is 1.96. The van der Waals surface area contributed by atoms with E-state index in [1.54, 1.807) is 11.9 Å². The molecule has 0 aromatic rings. The average Bonchev–Trinajstić information content (AvgIpc) is 2.00. The molecule has 15 heavy (non-hydrogen) atoms. The van der Waals surface area contributed by atoms with Crippen molar-refractivity contribution >= 4 is 17.2 Å². The minimum Gasteiger partial charge on any atom is -0.393 e. The lowest BCUT2D eigenvalue weighted by Gasteiger charge is -2.24. The Kier molecular flexibility index (Phi) is 6.07. The normalized spacial score (nSPS) is 14.3. The number of nitrogens with zero attached hydrogens (tertiary/aromatic N) is 1. The van der Waals surface area contributed by atoms with E-state index in [1.807, 2.05) is 6.92 Å². The molecule has 0 heterocycles. The van der Waals surface area contributed by atoms with Crippen molar-refractivity contribution in [2.45, 2.75) is 25.7 Å². The largest absolute Gasteiger partial charge is 0.522 e. The SMILES string of the molecule is CC(CC(N)=S)N(C)CCOC(F)(F)F. The number of hydrogen-bond donors (Lipinski definition) is 1. The summed E-state index contributed by atoms with van der Waals surface area (Å²) in [5.74, 6) is 0. The van der Waals surface area contributed by atoms with Crippen LogP contribution in [0.2, 0.25) is 0 Å². The molecular formula is C8H15F3N2OS. The Bertz CT molecular complexity index is 211. The first-order chi connectivity index (χ1) is 6.72. The van der Waals surface area contributed by atoms with Crippen molar-refractivity contribution in [2.24, 2.45) is 5.73 Å². The number of thiocarbonyl (C=S) groups is 1. The molecule has 3 nitrogen and oxygen atoms in total. The number of rotatable bonds is 6. The minimum absolute atomic E-state index is 0.0133. The Morgan fingerprint density at radius 2 is 2.07 bits per heavy atom. The molecule has 0 saturated carbocycles. The van der Waals surface area contributed by atoms with Crippen LogP contribution in [0.1, 0.15) is 13.3 Å². The van der Waals surface area contributed by atoms with Crippen LogP contribution < -0.4 is 5.73 Å². The van der Waals surface area contributed by atoms with E-state index < -0.39 is 6.36 Å². The van der Waals surface area contributed by atoms with Gasteiger partial charge in [-0.05, 0) is 14.0 Å². The van der Waals surface area contributed by atoms with E-state index >= 15 is 0 Å². The summed E-state index contributed by atoms with van der Waals surface area (Å²) >= 11 is 4.70. The highest BCUT2D eigenvalue weighted by molar-refractivity contribution is 7.80. The topological polar surface area (TPSA) is 38.5 Å². The molecule has 0 aromatic carbocycles. The van der Waals surface area contributed by atoms with E-state index in [-0.39, 0.29) is 19.2 Å². The van der Waals surface area contributed by atoms with Gasteiger partial charge in [0.2, 0.25) is 0 Å². The molecule has 0 aliphatic rings. The zero-order valence-corrected chi connectivity index (χ0v) is 9.49. The molecule has 0 bridgehead atoms. The fourth-order valence-corrected chi connectivity index (χ4v) is 1.21. The van der Waals surface area contributed by atoms with E-state index in [2.05, 4.69) is 4.74 Å². The predicted molar refractivity (Wildman–Crippen MR) is 55.5 cm³/mol. The highest BCUT2D eigenvalue weighted by Gasteiger charge is 2.28. The molecule has 0 aliphatic heterocycles. The Morgan fingerprint density at radius 3 is 2.47 bits per heavy atom. The second-order valence-electron chi connectivity index (χ2n) is 3.29. The van der Waals surface area contributed by atoms with Crippen LogP contribution >= 0.6 is 12.2 Å². The molecule has 0 fully saturated rings. The molecule has 0 amide bonds. The molecule has 0 spiro atoms. The van der Waals surface area contributed by atoms with Gasteiger partial charge in [0.25, 0.3) is 0 Å². The Balaban J connectivity index is 3.73. The second-order valence-corrected chi connectivity index (χ2v) is 3.82. The first-order valence-electron chi connectivity index (χ1n) is 4.41. The summed E-state index contributed by atoms with van der Waals surface area (Å²) in [6, 6.07) is 0.0133. The maximum absolute atomic E-state index is 11.6. The van der Waals surface area contributed by atoms with Crippen LogP contribution in [0.15, 0.2) is 0 Å². The summed E-state index contributed by atoms with van der Waals surface area (Å²) in [6.45, 7) is 1.64. The summed E-state index contributed by atoms with van der Waals surface area (Å²) in [7, 11) is 1.70. The van der Waals surface area contributed by atoms with Crippen molar-refractivity contribution in [3.05, 3.63) is 0 Å². The number of nitrogens with two attached hydrogens (primary N) is 1.